The highest BCUT2D eigenvalue weighted by Gasteiger charge is 2.17. The number of hydrogen-bond acceptors (Lipinski definition) is 2. The molecule has 0 aliphatic rings. The van der Waals surface area contributed by atoms with Crippen LogP contribution in [0.25, 0.3) is 53.1 Å². The number of aryl methyl sites for hydroxylation is 2. The van der Waals surface area contributed by atoms with Crippen molar-refractivity contribution in [2.24, 2.45) is 0 Å². The fourth-order valence-corrected chi connectivity index (χ4v) is 5.58. The highest BCUT2D eigenvalue weighted by molar-refractivity contribution is 7.26. The van der Waals surface area contributed by atoms with E-state index >= 15 is 0 Å². The van der Waals surface area contributed by atoms with Gasteiger partial charge < -0.3 is 0 Å². The van der Waals surface area contributed by atoms with Crippen molar-refractivity contribution in [1.82, 2.24) is 4.98 Å². The smallest absolute Gasteiger partial charge is 0.0894 e. The minimum atomic E-state index is 1.08. The quantitative estimate of drug-likeness (QED) is 0.277. The van der Waals surface area contributed by atoms with E-state index in [1.165, 1.54) is 53.0 Å². The molecule has 2 aromatic heterocycles. The summed E-state index contributed by atoms with van der Waals surface area (Å²) in [7, 11) is 0. The van der Waals surface area contributed by atoms with Crippen LogP contribution in [0.15, 0.2) is 78.9 Å². The Labute approximate surface area is 173 Å². The van der Waals surface area contributed by atoms with Gasteiger partial charge in [0, 0.05) is 26.4 Å². The fraction of sp³-hybridized carbons (Fsp3) is 0.0741. The highest BCUT2D eigenvalue weighted by atomic mass is 32.1. The van der Waals surface area contributed by atoms with Crippen molar-refractivity contribution in [2.45, 2.75) is 13.8 Å². The molecule has 0 unspecified atom stereocenters. The molecular formula is C27H19NS. The monoisotopic (exact) mass is 389 g/mol. The molecule has 4 aromatic carbocycles. The minimum Gasteiger partial charge on any atom is -0.246 e. The Morgan fingerprint density at radius 2 is 1.41 bits per heavy atom. The molecule has 0 N–H and O–H groups in total. The Morgan fingerprint density at radius 1 is 0.690 bits per heavy atom. The molecular weight excluding hydrogens is 370 g/mol. The molecule has 0 spiro atoms. The number of aromatic nitrogens is 1. The zero-order valence-corrected chi connectivity index (χ0v) is 17.2. The SMILES string of the molecule is Cc1cc2nc(-c3cccc4ccccc34)c3sc4ccccc4c3c2cc1C. The van der Waals surface area contributed by atoms with Crippen LogP contribution >= 0.6 is 11.3 Å². The molecule has 0 aliphatic carbocycles. The van der Waals surface area contributed by atoms with Crippen LogP contribution in [0, 0.1) is 13.8 Å². The Morgan fingerprint density at radius 3 is 2.31 bits per heavy atom. The maximum Gasteiger partial charge on any atom is 0.0894 e. The first-order valence-corrected chi connectivity index (χ1v) is 10.7. The number of pyridine rings is 1. The topological polar surface area (TPSA) is 12.9 Å². The van der Waals surface area contributed by atoms with Crippen LogP contribution in [0.3, 0.4) is 0 Å². The van der Waals surface area contributed by atoms with E-state index in [0.717, 1.165) is 11.2 Å². The largest absolute Gasteiger partial charge is 0.246 e. The van der Waals surface area contributed by atoms with Crippen molar-refractivity contribution < 1.29 is 0 Å². The third-order valence-electron chi connectivity index (χ3n) is 5.97. The molecule has 29 heavy (non-hydrogen) atoms. The van der Waals surface area contributed by atoms with E-state index in [2.05, 4.69) is 92.7 Å². The van der Waals surface area contributed by atoms with Gasteiger partial charge in [0.15, 0.2) is 0 Å². The summed E-state index contributed by atoms with van der Waals surface area (Å²) in [6.07, 6.45) is 0. The van der Waals surface area contributed by atoms with Crippen molar-refractivity contribution in [3.63, 3.8) is 0 Å². The van der Waals surface area contributed by atoms with Gasteiger partial charge in [-0.1, -0.05) is 60.7 Å². The third kappa shape index (κ3) is 2.43. The van der Waals surface area contributed by atoms with Crippen LogP contribution in [0.1, 0.15) is 11.1 Å². The average molecular weight is 390 g/mol. The second kappa shape index (κ2) is 6.13. The van der Waals surface area contributed by atoms with E-state index in [1.54, 1.807) is 0 Å². The lowest BCUT2D eigenvalue weighted by Gasteiger charge is -2.11. The molecule has 1 nitrogen and oxygen atoms in total. The zero-order valence-electron chi connectivity index (χ0n) is 16.4. The van der Waals surface area contributed by atoms with E-state index in [9.17, 15) is 0 Å². The van der Waals surface area contributed by atoms with Crippen LogP contribution in [-0.2, 0) is 0 Å². The van der Waals surface area contributed by atoms with Gasteiger partial charge in [-0.25, -0.2) is 4.98 Å². The van der Waals surface area contributed by atoms with E-state index in [1.807, 2.05) is 11.3 Å². The lowest BCUT2D eigenvalue weighted by Crippen LogP contribution is -1.91. The molecule has 0 atom stereocenters. The van der Waals surface area contributed by atoms with Crippen molar-refractivity contribution in [3.05, 3.63) is 90.0 Å². The Balaban J connectivity index is 1.86. The standard InChI is InChI=1S/C27H19NS/c1-16-14-22-23(15-17(16)2)28-26(20-12-7-9-18-8-3-4-10-19(18)20)27-25(22)21-11-5-6-13-24(21)29-27/h3-15H,1-2H3. The van der Waals surface area contributed by atoms with Gasteiger partial charge in [0.25, 0.3) is 0 Å². The molecule has 6 aromatic rings. The second-order valence-corrected chi connectivity index (χ2v) is 8.80. The van der Waals surface area contributed by atoms with Crippen LogP contribution in [0.4, 0.5) is 0 Å². The number of rotatable bonds is 1. The molecule has 0 radical (unpaired) electrons. The lowest BCUT2D eigenvalue weighted by molar-refractivity contribution is 1.34. The molecule has 0 saturated carbocycles. The molecule has 2 heterocycles. The summed E-state index contributed by atoms with van der Waals surface area (Å²) in [5.41, 5.74) is 5.97. The normalized spacial score (nSPS) is 11.8. The second-order valence-electron chi connectivity index (χ2n) is 7.74. The van der Waals surface area contributed by atoms with E-state index in [-0.39, 0.29) is 0 Å². The zero-order chi connectivity index (χ0) is 19.5. The van der Waals surface area contributed by atoms with Crippen LogP contribution in [0.2, 0.25) is 0 Å². The van der Waals surface area contributed by atoms with Gasteiger partial charge >= 0.3 is 0 Å². The van der Waals surface area contributed by atoms with E-state index in [0.29, 0.717) is 0 Å². The van der Waals surface area contributed by atoms with Crippen molar-refractivity contribution in [3.8, 4) is 11.3 Å². The summed E-state index contributed by atoms with van der Waals surface area (Å²) in [6, 6.07) is 28.4. The van der Waals surface area contributed by atoms with Gasteiger partial charge in [-0.3, -0.25) is 0 Å². The van der Waals surface area contributed by atoms with Crippen molar-refractivity contribution in [1.29, 1.82) is 0 Å². The predicted octanol–water partition coefficient (Wildman–Crippen LogP) is 8.04. The summed E-state index contributed by atoms with van der Waals surface area (Å²) >= 11 is 1.85. The van der Waals surface area contributed by atoms with Crippen LogP contribution < -0.4 is 0 Å². The summed E-state index contributed by atoms with van der Waals surface area (Å²) in [6.45, 7) is 4.36. The Kier molecular flexibility index (Phi) is 3.53. The summed E-state index contributed by atoms with van der Waals surface area (Å²) in [4.78, 5) is 5.23. The number of nitrogens with zero attached hydrogens (tertiary/aromatic N) is 1. The first kappa shape index (κ1) is 16.7. The average Bonchev–Trinajstić information content (AvgIpc) is 3.14. The van der Waals surface area contributed by atoms with Gasteiger partial charge in [-0.15, -0.1) is 11.3 Å². The predicted molar refractivity (Wildman–Crippen MR) is 127 cm³/mol. The van der Waals surface area contributed by atoms with Crippen molar-refractivity contribution >= 4 is 53.2 Å². The van der Waals surface area contributed by atoms with Gasteiger partial charge in [0.2, 0.25) is 0 Å². The number of fused-ring (bicyclic) bond motifs is 6. The Hall–Kier alpha value is -3.23. The summed E-state index contributed by atoms with van der Waals surface area (Å²) in [5, 5.41) is 6.42. The number of hydrogen-bond donors (Lipinski definition) is 0. The van der Waals surface area contributed by atoms with Gasteiger partial charge in [-0.05, 0) is 53.9 Å². The number of thiophene rings is 1. The fourth-order valence-electron chi connectivity index (χ4n) is 4.36. The molecule has 6 rings (SSSR count). The molecule has 0 amide bonds. The van der Waals surface area contributed by atoms with E-state index in [4.69, 9.17) is 4.98 Å². The molecule has 0 aliphatic heterocycles. The van der Waals surface area contributed by atoms with Gasteiger partial charge in [-0.2, -0.15) is 0 Å². The van der Waals surface area contributed by atoms with Crippen LogP contribution in [-0.4, -0.2) is 4.98 Å². The Bertz CT molecular complexity index is 1570. The van der Waals surface area contributed by atoms with Crippen molar-refractivity contribution in [2.75, 3.05) is 0 Å². The molecule has 0 saturated heterocycles. The lowest BCUT2D eigenvalue weighted by atomic mass is 9.97. The summed E-state index contributed by atoms with van der Waals surface area (Å²) < 4.78 is 2.59. The van der Waals surface area contributed by atoms with Gasteiger partial charge in [0.05, 0.1) is 15.9 Å². The highest BCUT2D eigenvalue weighted by Crippen LogP contribution is 2.44. The molecule has 0 fully saturated rings. The molecule has 138 valence electrons. The van der Waals surface area contributed by atoms with E-state index < -0.39 is 0 Å². The molecule has 2 heteroatoms. The summed E-state index contributed by atoms with van der Waals surface area (Å²) in [5.74, 6) is 0. The first-order valence-electron chi connectivity index (χ1n) is 9.91. The number of benzene rings is 4. The molecule has 0 bridgehead atoms. The van der Waals surface area contributed by atoms with Gasteiger partial charge in [0.1, 0.15) is 0 Å². The van der Waals surface area contributed by atoms with Crippen LogP contribution in [0.5, 0.6) is 0 Å². The first-order chi connectivity index (χ1) is 14.2. The maximum atomic E-state index is 5.23. The maximum absolute atomic E-state index is 5.23. The third-order valence-corrected chi connectivity index (χ3v) is 7.15. The minimum absolute atomic E-state index is 1.08.